The Bertz CT molecular complexity index is 1220. The van der Waals surface area contributed by atoms with Crippen molar-refractivity contribution in [1.29, 1.82) is 0 Å². The Labute approximate surface area is 215 Å². The summed E-state index contributed by atoms with van der Waals surface area (Å²) in [6.45, 7) is 5.80. The lowest BCUT2D eigenvalue weighted by atomic mass is 9.72. The van der Waals surface area contributed by atoms with Crippen LogP contribution in [0.1, 0.15) is 36.4 Å². The molecule has 2 amide bonds. The summed E-state index contributed by atoms with van der Waals surface area (Å²) in [5, 5.41) is 11.7. The van der Waals surface area contributed by atoms with Crippen LogP contribution in [0.4, 0.5) is 14.5 Å². The van der Waals surface area contributed by atoms with E-state index in [0.717, 1.165) is 17.7 Å². The van der Waals surface area contributed by atoms with Gasteiger partial charge < -0.3 is 20.1 Å². The maximum absolute atomic E-state index is 14.8. The number of rotatable bonds is 7. The van der Waals surface area contributed by atoms with E-state index in [4.69, 9.17) is 9.84 Å². The van der Waals surface area contributed by atoms with Gasteiger partial charge in [-0.15, -0.1) is 0 Å². The van der Waals surface area contributed by atoms with Crippen LogP contribution in [0.3, 0.4) is 0 Å². The van der Waals surface area contributed by atoms with E-state index in [-0.39, 0.29) is 41.6 Å². The Morgan fingerprint density at radius 1 is 1.11 bits per heavy atom. The van der Waals surface area contributed by atoms with E-state index in [9.17, 15) is 23.2 Å². The van der Waals surface area contributed by atoms with E-state index in [0.29, 0.717) is 30.6 Å². The third kappa shape index (κ3) is 5.53. The highest BCUT2D eigenvalue weighted by atomic mass is 28.3. The van der Waals surface area contributed by atoms with Crippen molar-refractivity contribution in [2.75, 3.05) is 19.0 Å². The summed E-state index contributed by atoms with van der Waals surface area (Å²) in [6, 6.07) is 6.53. The van der Waals surface area contributed by atoms with Gasteiger partial charge in [-0.2, -0.15) is 0 Å². The molecule has 0 aromatic heterocycles. The third-order valence-electron chi connectivity index (χ3n) is 7.22. The number of carboxylic acid groups (broad SMARTS) is 1. The van der Waals surface area contributed by atoms with Crippen molar-refractivity contribution in [2.24, 2.45) is 11.8 Å². The number of halogens is 2. The molecule has 1 atom stereocenters. The lowest BCUT2D eigenvalue weighted by molar-refractivity contribution is -0.149. The number of aliphatic carboxylic acids is 1. The van der Waals surface area contributed by atoms with Crippen LogP contribution < -0.4 is 15.2 Å². The van der Waals surface area contributed by atoms with Gasteiger partial charge in [0.05, 0.1) is 15.2 Å². The molecule has 2 aliphatic rings. The van der Waals surface area contributed by atoms with E-state index in [1.807, 2.05) is 25.7 Å². The van der Waals surface area contributed by atoms with Crippen molar-refractivity contribution in [3.63, 3.8) is 0 Å². The lowest BCUT2D eigenvalue weighted by Gasteiger charge is -2.42. The number of hydrogen-bond donors (Lipinski definition) is 2. The highest BCUT2D eigenvalue weighted by Gasteiger charge is 2.43. The summed E-state index contributed by atoms with van der Waals surface area (Å²) in [7, 11) is -0.747. The van der Waals surface area contributed by atoms with E-state index >= 15 is 0 Å². The van der Waals surface area contributed by atoms with Crippen molar-refractivity contribution in [3.05, 3.63) is 53.1 Å². The number of carbonyl (C=O) groups is 3. The van der Waals surface area contributed by atoms with Crippen molar-refractivity contribution in [3.8, 4) is 5.75 Å². The topological polar surface area (TPSA) is 95.9 Å². The summed E-state index contributed by atoms with van der Waals surface area (Å²) in [5.74, 6) is -2.87. The van der Waals surface area contributed by atoms with Gasteiger partial charge in [0.25, 0.3) is 5.91 Å². The molecule has 1 aliphatic carbocycles. The number of fused-ring (bicyclic) bond motifs is 1. The van der Waals surface area contributed by atoms with Gasteiger partial charge in [0.15, 0.2) is 0 Å². The number of hydrogen-bond acceptors (Lipinski definition) is 4. The van der Waals surface area contributed by atoms with Gasteiger partial charge in [-0.05, 0) is 60.6 Å². The van der Waals surface area contributed by atoms with Gasteiger partial charge in [-0.25, -0.2) is 8.78 Å². The second kappa shape index (κ2) is 10.2. The fraction of sp³-hybridized carbons (Fsp3) is 0.444. The zero-order chi connectivity index (χ0) is 27.1. The van der Waals surface area contributed by atoms with E-state index in [1.54, 1.807) is 19.2 Å². The summed E-state index contributed by atoms with van der Waals surface area (Å²) < 4.78 is 35.0. The highest BCUT2D eigenvalue weighted by molar-refractivity contribution is 6.88. The monoisotopic (exact) mass is 530 g/mol. The molecule has 0 spiro atoms. The van der Waals surface area contributed by atoms with Crippen LogP contribution in [0.2, 0.25) is 19.6 Å². The number of carbonyl (C=O) groups excluding carboxylic acids is 2. The van der Waals surface area contributed by atoms with Gasteiger partial charge in [0.2, 0.25) is 5.91 Å². The molecule has 2 aromatic carbocycles. The summed E-state index contributed by atoms with van der Waals surface area (Å²) in [4.78, 5) is 39.5. The third-order valence-corrected chi connectivity index (χ3v) is 9.20. The minimum atomic E-state index is -2.29. The predicted octanol–water partition coefficient (Wildman–Crippen LogP) is 4.08. The van der Waals surface area contributed by atoms with Gasteiger partial charge in [0.1, 0.15) is 23.4 Å². The molecule has 10 heteroatoms. The minimum absolute atomic E-state index is 0.0137. The molecule has 2 aromatic rings. The predicted molar refractivity (Wildman–Crippen MR) is 138 cm³/mol. The first kappa shape index (κ1) is 26.8. The first-order valence-corrected chi connectivity index (χ1v) is 15.9. The van der Waals surface area contributed by atoms with E-state index in [2.05, 4.69) is 5.32 Å². The molecule has 1 heterocycles. The fourth-order valence-electron chi connectivity index (χ4n) is 5.41. The summed E-state index contributed by atoms with van der Waals surface area (Å²) in [5.41, 5.74) is 1.46. The van der Waals surface area contributed by atoms with Gasteiger partial charge in [-0.1, -0.05) is 25.7 Å². The van der Waals surface area contributed by atoms with E-state index in [1.165, 1.54) is 4.90 Å². The van der Waals surface area contributed by atoms with Crippen molar-refractivity contribution in [2.45, 2.75) is 51.4 Å². The molecule has 0 saturated heterocycles. The molecule has 2 N–H and O–H groups in total. The van der Waals surface area contributed by atoms with E-state index < -0.39 is 37.6 Å². The molecule has 0 unspecified atom stereocenters. The number of nitrogens with zero attached hydrogens (tertiary/aromatic N) is 1. The van der Waals surface area contributed by atoms with Gasteiger partial charge in [0, 0.05) is 29.8 Å². The van der Waals surface area contributed by atoms with Gasteiger partial charge in [-0.3, -0.25) is 14.4 Å². The van der Waals surface area contributed by atoms with Crippen LogP contribution in [-0.2, 0) is 20.8 Å². The first-order chi connectivity index (χ1) is 17.4. The first-order valence-electron chi connectivity index (χ1n) is 12.4. The molecule has 1 aliphatic heterocycles. The second-order valence-corrected chi connectivity index (χ2v) is 15.9. The molecule has 0 bridgehead atoms. The average molecular weight is 531 g/mol. The van der Waals surface area contributed by atoms with Crippen LogP contribution in [-0.4, -0.2) is 49.5 Å². The largest absolute Gasteiger partial charge is 0.497 e. The quantitative estimate of drug-likeness (QED) is 0.526. The van der Waals surface area contributed by atoms with Crippen molar-refractivity contribution < 1.29 is 33.0 Å². The van der Waals surface area contributed by atoms with Crippen LogP contribution >= 0.6 is 0 Å². The van der Waals surface area contributed by atoms with Crippen LogP contribution in [0, 0.1) is 23.5 Å². The number of nitrogens with one attached hydrogen (secondary N) is 1. The molecule has 198 valence electrons. The number of amides is 2. The fourth-order valence-corrected chi connectivity index (χ4v) is 6.99. The maximum Gasteiger partial charge on any atom is 0.303 e. The van der Waals surface area contributed by atoms with Crippen LogP contribution in [0.15, 0.2) is 30.3 Å². The van der Waals surface area contributed by atoms with Crippen molar-refractivity contribution >= 4 is 36.7 Å². The summed E-state index contributed by atoms with van der Waals surface area (Å²) in [6.07, 6.45) is 1.45. The molecular formula is C27H32F2N2O5Si. The Morgan fingerprint density at radius 2 is 1.76 bits per heavy atom. The van der Waals surface area contributed by atoms with Gasteiger partial charge >= 0.3 is 5.97 Å². The molecule has 0 radical (unpaired) electrons. The maximum atomic E-state index is 14.8. The Hall–Kier alpha value is -3.27. The minimum Gasteiger partial charge on any atom is -0.497 e. The second-order valence-electron chi connectivity index (χ2n) is 10.9. The van der Waals surface area contributed by atoms with Crippen molar-refractivity contribution in [1.82, 2.24) is 4.90 Å². The van der Waals surface area contributed by atoms with Crippen LogP contribution in [0.5, 0.6) is 5.75 Å². The standard InChI is InChI=1S/C27H32F2N2O5Si/c1-36-19-5-6-20-16(12-19)7-8-31(27(35)17-9-15(10-17)11-23(32)33)24(20)26(34)30-18-13-21(28)25(22(29)14-18)37(2,3)4/h5-6,12-15,17,24H,7-11H2,1-4H3,(H,30,34)(H,32,33)/t15?,17?,24-/m1/s1. The lowest BCUT2D eigenvalue weighted by Crippen LogP contribution is -2.50. The Balaban J connectivity index is 1.62. The molecular weight excluding hydrogens is 498 g/mol. The molecule has 1 saturated carbocycles. The van der Waals surface area contributed by atoms with Crippen LogP contribution in [0.25, 0.3) is 0 Å². The Kier molecular flexibility index (Phi) is 7.41. The smallest absolute Gasteiger partial charge is 0.303 e. The number of anilines is 1. The zero-order valence-corrected chi connectivity index (χ0v) is 22.4. The Morgan fingerprint density at radius 3 is 2.32 bits per heavy atom. The molecule has 37 heavy (non-hydrogen) atoms. The normalized spacial score (nSPS) is 21.0. The number of methoxy groups -OCH3 is 1. The molecule has 1 fully saturated rings. The SMILES string of the molecule is COc1ccc2c(c1)CCN(C(=O)C1CC(CC(=O)O)C1)[C@H]2C(=O)Nc1cc(F)c([Si](C)(C)C)c(F)c1. The summed E-state index contributed by atoms with van der Waals surface area (Å²) >= 11 is 0. The number of benzene rings is 2. The number of carboxylic acids is 1. The molecule has 4 rings (SSSR count). The molecule has 7 nitrogen and oxygen atoms in total. The zero-order valence-electron chi connectivity index (χ0n) is 21.4. The number of ether oxygens (including phenoxy) is 1. The average Bonchev–Trinajstić information content (AvgIpc) is 2.77. The highest BCUT2D eigenvalue weighted by Crippen LogP contribution is 2.41.